The van der Waals surface area contributed by atoms with Gasteiger partial charge in [0.15, 0.2) is 17.1 Å². The average Bonchev–Trinajstić information content (AvgIpc) is 3.10. The van der Waals surface area contributed by atoms with Crippen LogP contribution in [0.15, 0.2) is 60.3 Å². The maximum atomic E-state index is 13.7. The standard InChI is InChI=1S/C23H25FN4O2S/c1-5-10-28-22(17(4)30-18-12-15(2)11-16(3)13-18)26-27-23(28)31-14-21(29)25-20-9-7-6-8-19(20)24/h5-9,11-13,17H,1,10,14H2,2-4H3,(H,25,29). The number of ether oxygens (including phenoxy) is 1. The van der Waals surface area contributed by atoms with Crippen LogP contribution >= 0.6 is 11.8 Å². The molecule has 1 aromatic heterocycles. The minimum absolute atomic E-state index is 0.0654. The number of hydrogen-bond donors (Lipinski definition) is 1. The van der Waals surface area contributed by atoms with Crippen LogP contribution in [0.2, 0.25) is 0 Å². The zero-order valence-electron chi connectivity index (χ0n) is 17.8. The van der Waals surface area contributed by atoms with Crippen LogP contribution in [0.1, 0.15) is 30.0 Å². The molecule has 1 amide bonds. The van der Waals surface area contributed by atoms with Gasteiger partial charge in [-0.15, -0.1) is 16.8 Å². The summed E-state index contributed by atoms with van der Waals surface area (Å²) in [7, 11) is 0. The van der Waals surface area contributed by atoms with E-state index < -0.39 is 5.82 Å². The van der Waals surface area contributed by atoms with Crippen molar-refractivity contribution in [2.24, 2.45) is 0 Å². The van der Waals surface area contributed by atoms with Gasteiger partial charge in [0.25, 0.3) is 0 Å². The number of thioether (sulfide) groups is 1. The number of para-hydroxylation sites is 1. The summed E-state index contributed by atoms with van der Waals surface area (Å²) in [6, 6.07) is 12.1. The van der Waals surface area contributed by atoms with E-state index in [9.17, 15) is 9.18 Å². The number of hydrogen-bond acceptors (Lipinski definition) is 5. The molecule has 8 heteroatoms. The molecule has 0 bridgehead atoms. The van der Waals surface area contributed by atoms with E-state index in [1.165, 1.54) is 23.9 Å². The Kier molecular flexibility index (Phi) is 7.46. The van der Waals surface area contributed by atoms with Crippen LogP contribution in [0.3, 0.4) is 0 Å². The van der Waals surface area contributed by atoms with Gasteiger partial charge in [-0.25, -0.2) is 4.39 Å². The van der Waals surface area contributed by atoms with E-state index in [0.717, 1.165) is 16.9 Å². The zero-order chi connectivity index (χ0) is 22.4. The van der Waals surface area contributed by atoms with E-state index in [1.54, 1.807) is 18.2 Å². The molecule has 6 nitrogen and oxygen atoms in total. The van der Waals surface area contributed by atoms with Crippen molar-refractivity contribution in [3.63, 3.8) is 0 Å². The lowest BCUT2D eigenvalue weighted by Gasteiger charge is -2.16. The van der Waals surface area contributed by atoms with Crippen molar-refractivity contribution in [2.45, 2.75) is 38.6 Å². The van der Waals surface area contributed by atoms with Crippen LogP contribution < -0.4 is 10.1 Å². The van der Waals surface area contributed by atoms with Crippen molar-refractivity contribution in [3.8, 4) is 5.75 Å². The molecule has 1 heterocycles. The van der Waals surface area contributed by atoms with Crippen LogP contribution in [0.5, 0.6) is 5.75 Å². The van der Waals surface area contributed by atoms with Gasteiger partial charge < -0.3 is 10.1 Å². The average molecular weight is 441 g/mol. The SMILES string of the molecule is C=CCn1c(SCC(=O)Nc2ccccc2F)nnc1C(C)Oc1cc(C)cc(C)c1. The van der Waals surface area contributed by atoms with E-state index in [4.69, 9.17) is 4.74 Å². The second kappa shape index (κ2) is 10.3. The highest BCUT2D eigenvalue weighted by molar-refractivity contribution is 7.99. The van der Waals surface area contributed by atoms with Gasteiger partial charge in [0.2, 0.25) is 5.91 Å². The summed E-state index contributed by atoms with van der Waals surface area (Å²) in [5.74, 6) is 0.656. The predicted octanol–water partition coefficient (Wildman–Crippen LogP) is 5.09. The van der Waals surface area contributed by atoms with Crippen molar-refractivity contribution >= 4 is 23.4 Å². The van der Waals surface area contributed by atoms with Crippen molar-refractivity contribution in [1.29, 1.82) is 0 Å². The molecule has 162 valence electrons. The van der Waals surface area contributed by atoms with E-state index in [2.05, 4.69) is 28.2 Å². The molecule has 3 aromatic rings. The fourth-order valence-corrected chi connectivity index (χ4v) is 3.90. The van der Waals surface area contributed by atoms with Gasteiger partial charge in [0, 0.05) is 6.54 Å². The Morgan fingerprint density at radius 2 is 1.97 bits per heavy atom. The Bertz CT molecular complexity index is 1060. The highest BCUT2D eigenvalue weighted by Gasteiger charge is 2.20. The van der Waals surface area contributed by atoms with E-state index in [-0.39, 0.29) is 23.5 Å². The summed E-state index contributed by atoms with van der Waals surface area (Å²) in [4.78, 5) is 12.3. The summed E-state index contributed by atoms with van der Waals surface area (Å²) in [6.07, 6.45) is 1.38. The van der Waals surface area contributed by atoms with Gasteiger partial charge in [-0.05, 0) is 56.2 Å². The summed E-state index contributed by atoms with van der Waals surface area (Å²) >= 11 is 1.22. The molecule has 31 heavy (non-hydrogen) atoms. The summed E-state index contributed by atoms with van der Waals surface area (Å²) in [5, 5.41) is 11.6. The number of carbonyl (C=O) groups excluding carboxylic acids is 1. The number of nitrogens with one attached hydrogen (secondary N) is 1. The number of benzene rings is 2. The number of aryl methyl sites for hydroxylation is 2. The Labute approximate surface area is 185 Å². The molecule has 0 saturated heterocycles. The van der Waals surface area contributed by atoms with Gasteiger partial charge >= 0.3 is 0 Å². The predicted molar refractivity (Wildman–Crippen MR) is 121 cm³/mol. The lowest BCUT2D eigenvalue weighted by molar-refractivity contribution is -0.113. The zero-order valence-corrected chi connectivity index (χ0v) is 18.6. The van der Waals surface area contributed by atoms with Crippen molar-refractivity contribution in [1.82, 2.24) is 14.8 Å². The molecular formula is C23H25FN4O2S. The van der Waals surface area contributed by atoms with Gasteiger partial charge in [0.05, 0.1) is 11.4 Å². The Hall–Kier alpha value is -3.13. The molecule has 0 saturated carbocycles. The van der Waals surface area contributed by atoms with Crippen LogP contribution in [0.25, 0.3) is 0 Å². The quantitative estimate of drug-likeness (QED) is 0.371. The lowest BCUT2D eigenvalue weighted by atomic mass is 10.1. The molecule has 0 aliphatic heterocycles. The third-order valence-electron chi connectivity index (χ3n) is 4.41. The topological polar surface area (TPSA) is 69.0 Å². The molecule has 0 fully saturated rings. The molecule has 0 aliphatic carbocycles. The Morgan fingerprint density at radius 3 is 2.65 bits per heavy atom. The largest absolute Gasteiger partial charge is 0.483 e. The van der Waals surface area contributed by atoms with Gasteiger partial charge in [-0.3, -0.25) is 9.36 Å². The second-order valence-corrected chi connectivity index (χ2v) is 8.08. The number of amides is 1. The maximum absolute atomic E-state index is 13.7. The van der Waals surface area contributed by atoms with Crippen LogP contribution in [0, 0.1) is 19.7 Å². The first kappa shape index (κ1) is 22.6. The van der Waals surface area contributed by atoms with Crippen molar-refractivity contribution < 1.29 is 13.9 Å². The number of allylic oxidation sites excluding steroid dienone is 1. The molecule has 0 radical (unpaired) electrons. The molecule has 1 atom stereocenters. The molecule has 3 rings (SSSR count). The lowest BCUT2D eigenvalue weighted by Crippen LogP contribution is -2.16. The molecule has 1 unspecified atom stereocenters. The summed E-state index contributed by atoms with van der Waals surface area (Å²) in [5.41, 5.74) is 2.38. The first-order valence-electron chi connectivity index (χ1n) is 9.83. The normalized spacial score (nSPS) is 11.7. The molecule has 0 spiro atoms. The smallest absolute Gasteiger partial charge is 0.234 e. The first-order chi connectivity index (χ1) is 14.9. The number of anilines is 1. The van der Waals surface area contributed by atoms with Gasteiger partial charge in [-0.2, -0.15) is 0 Å². The third-order valence-corrected chi connectivity index (χ3v) is 5.38. The van der Waals surface area contributed by atoms with Crippen LogP contribution in [-0.4, -0.2) is 26.4 Å². The maximum Gasteiger partial charge on any atom is 0.234 e. The Morgan fingerprint density at radius 1 is 1.26 bits per heavy atom. The summed E-state index contributed by atoms with van der Waals surface area (Å²) in [6.45, 7) is 10.2. The Balaban J connectivity index is 1.70. The fourth-order valence-electron chi connectivity index (χ4n) is 3.14. The molecule has 1 N–H and O–H groups in total. The highest BCUT2D eigenvalue weighted by atomic mass is 32.2. The minimum Gasteiger partial charge on any atom is -0.483 e. The molecular weight excluding hydrogens is 415 g/mol. The highest BCUT2D eigenvalue weighted by Crippen LogP contribution is 2.26. The first-order valence-corrected chi connectivity index (χ1v) is 10.8. The van der Waals surface area contributed by atoms with Crippen LogP contribution in [0.4, 0.5) is 10.1 Å². The van der Waals surface area contributed by atoms with Gasteiger partial charge in [0.1, 0.15) is 11.6 Å². The van der Waals surface area contributed by atoms with E-state index in [1.807, 2.05) is 37.5 Å². The van der Waals surface area contributed by atoms with Crippen LogP contribution in [-0.2, 0) is 11.3 Å². The van der Waals surface area contributed by atoms with Gasteiger partial charge in [-0.1, -0.05) is 36.0 Å². The fraction of sp³-hybridized carbons (Fsp3) is 0.261. The minimum atomic E-state index is -0.477. The third kappa shape index (κ3) is 5.95. The van der Waals surface area contributed by atoms with Crippen molar-refractivity contribution in [3.05, 3.63) is 77.9 Å². The summed E-state index contributed by atoms with van der Waals surface area (Å²) < 4.78 is 21.7. The number of rotatable bonds is 9. The second-order valence-electron chi connectivity index (χ2n) is 7.14. The molecule has 0 aliphatic rings. The number of aromatic nitrogens is 3. The van der Waals surface area contributed by atoms with E-state index in [0.29, 0.717) is 17.5 Å². The molecule has 2 aromatic carbocycles. The number of nitrogens with zero attached hydrogens (tertiary/aromatic N) is 3. The number of halogens is 1. The van der Waals surface area contributed by atoms with E-state index >= 15 is 0 Å². The number of carbonyl (C=O) groups is 1. The van der Waals surface area contributed by atoms with Crippen molar-refractivity contribution in [2.75, 3.05) is 11.1 Å². The monoisotopic (exact) mass is 440 g/mol.